The van der Waals surface area contributed by atoms with E-state index in [1.165, 1.54) is 29.5 Å². The zero-order valence-electron chi connectivity index (χ0n) is 11.8. The van der Waals surface area contributed by atoms with E-state index in [9.17, 15) is 39.5 Å². The van der Waals surface area contributed by atoms with Gasteiger partial charge in [0.15, 0.2) is 0 Å². The van der Waals surface area contributed by atoms with Crippen LogP contribution in [0.3, 0.4) is 0 Å². The van der Waals surface area contributed by atoms with Crippen molar-refractivity contribution in [2.24, 2.45) is 0 Å². The molecule has 0 aliphatic rings. The van der Waals surface area contributed by atoms with E-state index in [-0.39, 0.29) is 12.8 Å². The summed E-state index contributed by atoms with van der Waals surface area (Å²) in [4.78, 5) is 0. The second kappa shape index (κ2) is 6.92. The van der Waals surface area contributed by atoms with E-state index in [2.05, 4.69) is 0 Å². The smallest absolute Gasteiger partial charge is 0.200 e. The van der Waals surface area contributed by atoms with Gasteiger partial charge < -0.3 is 0 Å². The number of hydrogen-bond donors (Lipinski definition) is 0. The minimum Gasteiger partial charge on any atom is -0.200 e. The van der Waals surface area contributed by atoms with E-state index in [1.54, 1.807) is 6.92 Å². The van der Waals surface area contributed by atoms with Crippen LogP contribution in [0.5, 0.6) is 0 Å². The molecule has 0 spiro atoms. The summed E-state index contributed by atoms with van der Waals surface area (Å²) in [7, 11) is 0. The lowest BCUT2D eigenvalue weighted by atomic mass is 9.88. The third-order valence-electron chi connectivity index (χ3n) is 3.36. The third-order valence-corrected chi connectivity index (χ3v) is 5.04. The molecule has 10 heteroatoms. The molecule has 0 bridgehead atoms. The first-order chi connectivity index (χ1) is 9.58. The molecule has 0 aliphatic heterocycles. The predicted octanol–water partition coefficient (Wildman–Crippen LogP) is 6.62. The summed E-state index contributed by atoms with van der Waals surface area (Å²) in [5, 5.41) is 0. The number of rotatable bonds is 8. The first-order valence-electron chi connectivity index (χ1n) is 6.47. The highest BCUT2D eigenvalue weighted by molar-refractivity contribution is 14.1. The molecule has 0 aliphatic carbocycles. The summed E-state index contributed by atoms with van der Waals surface area (Å²) in [6.07, 6.45) is -7.64. The summed E-state index contributed by atoms with van der Waals surface area (Å²) in [5.41, 5.74) is 0. The SMILES string of the molecule is CCCCC(I)(CC)CC(F)(F)C(F)(F)C(F)(F)C(F)(F)F. The summed E-state index contributed by atoms with van der Waals surface area (Å²) in [6.45, 7) is 3.09. The lowest BCUT2D eigenvalue weighted by Crippen LogP contribution is -2.62. The summed E-state index contributed by atoms with van der Waals surface area (Å²) < 4.78 is 114. The molecule has 0 aromatic rings. The molecule has 1 atom stereocenters. The lowest BCUT2D eigenvalue weighted by Gasteiger charge is -2.38. The van der Waals surface area contributed by atoms with Gasteiger partial charge in [-0.25, -0.2) is 0 Å². The van der Waals surface area contributed by atoms with Gasteiger partial charge in [-0.2, -0.15) is 39.5 Å². The highest BCUT2D eigenvalue weighted by Crippen LogP contribution is 2.56. The Hall–Kier alpha value is 0.1000. The Kier molecular flexibility index (Phi) is 6.95. The van der Waals surface area contributed by atoms with Crippen molar-refractivity contribution in [2.75, 3.05) is 0 Å². The van der Waals surface area contributed by atoms with Crippen LogP contribution in [0.25, 0.3) is 0 Å². The van der Waals surface area contributed by atoms with Gasteiger partial charge >= 0.3 is 23.9 Å². The third kappa shape index (κ3) is 4.34. The Balaban J connectivity index is 5.52. The maximum atomic E-state index is 13.6. The zero-order chi connectivity index (χ0) is 18.0. The van der Waals surface area contributed by atoms with Crippen molar-refractivity contribution in [2.45, 2.75) is 73.3 Å². The molecule has 0 aromatic heterocycles. The average molecular weight is 458 g/mol. The number of hydrogen-bond acceptors (Lipinski definition) is 0. The predicted molar refractivity (Wildman–Crippen MR) is 72.1 cm³/mol. The molecule has 0 amide bonds. The van der Waals surface area contributed by atoms with Gasteiger partial charge in [-0.15, -0.1) is 0 Å². The van der Waals surface area contributed by atoms with Gasteiger partial charge in [0.1, 0.15) is 0 Å². The fourth-order valence-electron chi connectivity index (χ4n) is 1.80. The Labute approximate surface area is 136 Å². The topological polar surface area (TPSA) is 0 Å². The Morgan fingerprint density at radius 1 is 0.773 bits per heavy atom. The largest absolute Gasteiger partial charge is 0.460 e. The van der Waals surface area contributed by atoms with E-state index in [0.717, 1.165) is 0 Å². The van der Waals surface area contributed by atoms with Crippen molar-refractivity contribution in [1.82, 2.24) is 0 Å². The van der Waals surface area contributed by atoms with Crippen LogP contribution >= 0.6 is 22.6 Å². The highest BCUT2D eigenvalue weighted by Gasteiger charge is 2.81. The first-order valence-corrected chi connectivity index (χ1v) is 7.55. The minimum absolute atomic E-state index is 0.0177. The Bertz CT molecular complexity index is 364. The van der Waals surface area contributed by atoms with E-state index >= 15 is 0 Å². The number of alkyl halides is 10. The van der Waals surface area contributed by atoms with Gasteiger partial charge in [-0.3, -0.25) is 0 Å². The summed E-state index contributed by atoms with van der Waals surface area (Å²) in [5.74, 6) is -18.8. The van der Waals surface area contributed by atoms with E-state index < -0.39 is 33.8 Å². The molecule has 0 rings (SSSR count). The van der Waals surface area contributed by atoms with Crippen LogP contribution in [0, 0.1) is 0 Å². The molecule has 0 nitrogen and oxygen atoms in total. The molecule has 1 unspecified atom stereocenters. The number of unbranched alkanes of at least 4 members (excludes halogenated alkanes) is 1. The van der Waals surface area contributed by atoms with Crippen LogP contribution in [-0.4, -0.2) is 27.4 Å². The van der Waals surface area contributed by atoms with Crippen LogP contribution in [-0.2, 0) is 0 Å². The van der Waals surface area contributed by atoms with Gasteiger partial charge in [-0.05, 0) is 12.8 Å². The maximum absolute atomic E-state index is 13.6. The maximum Gasteiger partial charge on any atom is 0.460 e. The first kappa shape index (κ1) is 22.1. The van der Waals surface area contributed by atoms with Crippen LogP contribution in [0.15, 0.2) is 0 Å². The van der Waals surface area contributed by atoms with E-state index in [4.69, 9.17) is 0 Å². The van der Waals surface area contributed by atoms with Gasteiger partial charge in [0.2, 0.25) is 0 Å². The van der Waals surface area contributed by atoms with E-state index in [1.807, 2.05) is 0 Å². The van der Waals surface area contributed by atoms with Crippen molar-refractivity contribution >= 4 is 22.6 Å². The van der Waals surface area contributed by atoms with Gasteiger partial charge in [0.05, 0.1) is 0 Å². The van der Waals surface area contributed by atoms with Crippen molar-refractivity contribution < 1.29 is 39.5 Å². The van der Waals surface area contributed by atoms with Gasteiger partial charge in [0.25, 0.3) is 0 Å². The van der Waals surface area contributed by atoms with Crippen LogP contribution in [0.4, 0.5) is 39.5 Å². The molecule has 0 radical (unpaired) electrons. The van der Waals surface area contributed by atoms with Crippen LogP contribution < -0.4 is 0 Å². The molecule has 0 N–H and O–H groups in total. The zero-order valence-corrected chi connectivity index (χ0v) is 14.0. The van der Waals surface area contributed by atoms with Gasteiger partial charge in [0, 0.05) is 9.84 Å². The molecule has 22 heavy (non-hydrogen) atoms. The highest BCUT2D eigenvalue weighted by atomic mass is 127. The Morgan fingerprint density at radius 3 is 1.55 bits per heavy atom. The molecule has 134 valence electrons. The van der Waals surface area contributed by atoms with Crippen molar-refractivity contribution in [3.8, 4) is 0 Å². The second-order valence-corrected chi connectivity index (χ2v) is 7.42. The van der Waals surface area contributed by atoms with Crippen molar-refractivity contribution in [3.63, 3.8) is 0 Å². The Morgan fingerprint density at radius 2 is 1.23 bits per heavy atom. The second-order valence-electron chi connectivity index (χ2n) is 5.14. The lowest BCUT2D eigenvalue weighted by molar-refractivity contribution is -0.397. The molecule has 0 saturated heterocycles. The molecule has 0 aromatic carbocycles. The number of halogens is 10. The standard InChI is InChI=1S/C12H16F9I/c1-3-5-6-8(22,4-2)7-9(13,14)10(15,16)11(17,18)12(19,20)21/h3-7H2,1-2H3. The molecule has 0 heterocycles. The monoisotopic (exact) mass is 458 g/mol. The van der Waals surface area contributed by atoms with Crippen LogP contribution in [0.1, 0.15) is 46.0 Å². The normalized spacial score (nSPS) is 17.5. The van der Waals surface area contributed by atoms with Crippen molar-refractivity contribution in [3.05, 3.63) is 0 Å². The molecular formula is C12H16F9I. The summed E-state index contributed by atoms with van der Waals surface area (Å²) in [6, 6.07) is 0. The van der Waals surface area contributed by atoms with Gasteiger partial charge in [-0.1, -0.05) is 49.3 Å². The molecular weight excluding hydrogens is 442 g/mol. The minimum atomic E-state index is -6.81. The molecule has 0 saturated carbocycles. The van der Waals surface area contributed by atoms with Crippen molar-refractivity contribution in [1.29, 1.82) is 0 Å². The molecule has 0 fully saturated rings. The quantitative estimate of drug-likeness (QED) is 0.218. The fraction of sp³-hybridized carbons (Fsp3) is 1.00. The fourth-order valence-corrected chi connectivity index (χ4v) is 2.66. The average Bonchev–Trinajstić information content (AvgIpc) is 2.34. The summed E-state index contributed by atoms with van der Waals surface area (Å²) >= 11 is 1.44. The van der Waals surface area contributed by atoms with Crippen LogP contribution in [0.2, 0.25) is 0 Å². The van der Waals surface area contributed by atoms with E-state index in [0.29, 0.717) is 12.8 Å².